The second-order valence-electron chi connectivity index (χ2n) is 15.1. The van der Waals surface area contributed by atoms with Gasteiger partial charge in [-0.1, -0.05) is 152 Å². The average Bonchev–Trinajstić information content (AvgIpc) is 3.31. The number of aromatic hydroxyl groups is 1. The van der Waals surface area contributed by atoms with E-state index in [9.17, 15) is 24.3 Å². The van der Waals surface area contributed by atoms with E-state index in [-0.39, 0.29) is 58.3 Å². The average molecular weight is 971 g/mol. The molecule has 2 aliphatic rings. The molecule has 2 amide bonds. The van der Waals surface area contributed by atoms with Crippen LogP contribution in [0.15, 0.2) is 183 Å². The first-order valence-corrected chi connectivity index (χ1v) is 21.6. The lowest BCUT2D eigenvalue weighted by Gasteiger charge is -2.43. The summed E-state index contributed by atoms with van der Waals surface area (Å²) >= 11 is 6.62. The Hall–Kier alpha value is -6.90. The predicted molar refractivity (Wildman–Crippen MR) is 249 cm³/mol. The van der Waals surface area contributed by atoms with Gasteiger partial charge < -0.3 is 19.6 Å². The van der Waals surface area contributed by atoms with Crippen LogP contribution in [-0.4, -0.2) is 63.5 Å². The lowest BCUT2D eigenvalue weighted by molar-refractivity contribution is 0.0717. The highest BCUT2D eigenvalue weighted by Crippen LogP contribution is 2.35. The van der Waals surface area contributed by atoms with Crippen LogP contribution in [0.2, 0.25) is 0 Å². The number of carbonyl (C=O) groups excluding carboxylic acids is 2. The summed E-state index contributed by atoms with van der Waals surface area (Å²) in [5.41, 5.74) is 4.29. The number of carbonyl (C=O) groups is 2. The summed E-state index contributed by atoms with van der Waals surface area (Å²) in [6, 6.07) is 49.2. The van der Waals surface area contributed by atoms with Gasteiger partial charge in [-0.2, -0.15) is 0 Å². The van der Waals surface area contributed by atoms with Crippen LogP contribution in [0.3, 0.4) is 0 Å². The SMILES string of the molecule is CN1CN(C(c2ccccc2)c2ccccc2)n2cc(Br)c(=O)c(O)c2C1=O.CN1CN(C(c2ccccc2)c2ccccc2)n2cc(Br)c(=O)c(OCc3ccccc3)c2C1=O. The largest absolute Gasteiger partial charge is 0.502 e. The first-order chi connectivity index (χ1) is 30.5. The Labute approximate surface area is 380 Å². The molecule has 14 heteroatoms. The zero-order chi connectivity index (χ0) is 44.2. The molecule has 2 aliphatic heterocycles. The summed E-state index contributed by atoms with van der Waals surface area (Å²) in [7, 11) is 3.39. The molecule has 0 spiro atoms. The van der Waals surface area contributed by atoms with Crippen LogP contribution < -0.4 is 25.6 Å². The number of halogens is 2. The van der Waals surface area contributed by atoms with Gasteiger partial charge in [0.05, 0.1) is 21.0 Å². The number of pyridine rings is 2. The van der Waals surface area contributed by atoms with Gasteiger partial charge in [-0.3, -0.25) is 38.5 Å². The molecule has 0 aliphatic carbocycles. The van der Waals surface area contributed by atoms with Crippen LogP contribution >= 0.6 is 31.9 Å². The molecule has 9 rings (SSSR count). The predicted octanol–water partition coefficient (Wildman–Crippen LogP) is 8.05. The second kappa shape index (κ2) is 18.6. The summed E-state index contributed by atoms with van der Waals surface area (Å²) in [6.45, 7) is 0.792. The van der Waals surface area contributed by atoms with Crippen LogP contribution in [0.5, 0.6) is 11.5 Å². The fourth-order valence-electron chi connectivity index (χ4n) is 7.86. The minimum Gasteiger partial charge on any atom is -0.502 e. The lowest BCUT2D eigenvalue weighted by atomic mass is 9.98. The molecule has 7 aromatic rings. The van der Waals surface area contributed by atoms with Gasteiger partial charge in [-0.05, 0) is 59.7 Å². The monoisotopic (exact) mass is 968 g/mol. The summed E-state index contributed by atoms with van der Waals surface area (Å²) in [4.78, 5) is 54.6. The molecule has 0 saturated carbocycles. The van der Waals surface area contributed by atoms with Gasteiger partial charge in [0.2, 0.25) is 10.9 Å². The summed E-state index contributed by atoms with van der Waals surface area (Å²) in [5, 5.41) is 14.4. The standard InChI is InChI=1S/C28H24BrN3O3.C21H18BrN3O3/c1-30-19-32(24(21-13-7-3-8-14-21)22-15-9-4-10-16-22)31-17-23(29)26(33)27(25(31)28(30)34)35-18-20-11-5-2-6-12-20;1-23-13-25(24-12-16(22)19(26)20(27)18(24)21(23)28)17(14-8-4-2-5-9-14)15-10-6-3-7-11-15/h2-17,24H,18-19H2,1H3;2-12,17,27H,13H2,1H3. The van der Waals surface area contributed by atoms with Crippen molar-refractivity contribution in [1.82, 2.24) is 19.2 Å². The van der Waals surface area contributed by atoms with Crippen molar-refractivity contribution in [3.63, 3.8) is 0 Å². The fourth-order valence-corrected chi connectivity index (χ4v) is 8.62. The lowest BCUT2D eigenvalue weighted by Crippen LogP contribution is -2.54. The number of ether oxygens (including phenoxy) is 1. The Morgan fingerprint density at radius 1 is 0.524 bits per heavy atom. The van der Waals surface area contributed by atoms with Gasteiger partial charge in [0.1, 0.15) is 19.9 Å². The maximum atomic E-state index is 13.4. The molecule has 12 nitrogen and oxygen atoms in total. The highest BCUT2D eigenvalue weighted by Gasteiger charge is 2.37. The smallest absolute Gasteiger partial charge is 0.277 e. The molecule has 4 heterocycles. The topological polar surface area (TPSA) is 121 Å². The summed E-state index contributed by atoms with van der Waals surface area (Å²) in [5.74, 6) is -1.20. The van der Waals surface area contributed by atoms with Crippen LogP contribution in [-0.2, 0) is 6.61 Å². The van der Waals surface area contributed by atoms with E-state index in [4.69, 9.17) is 4.74 Å². The molecular weight excluding hydrogens is 928 g/mol. The molecule has 63 heavy (non-hydrogen) atoms. The Morgan fingerprint density at radius 3 is 1.29 bits per heavy atom. The van der Waals surface area contributed by atoms with E-state index in [0.717, 1.165) is 27.8 Å². The zero-order valence-corrected chi connectivity index (χ0v) is 37.5. The minimum absolute atomic E-state index is 0.0321. The highest BCUT2D eigenvalue weighted by atomic mass is 79.9. The van der Waals surface area contributed by atoms with Crippen molar-refractivity contribution >= 4 is 43.7 Å². The molecule has 0 fully saturated rings. The third-order valence-corrected chi connectivity index (χ3v) is 12.0. The van der Waals surface area contributed by atoms with Crippen molar-refractivity contribution in [2.75, 3.05) is 37.5 Å². The zero-order valence-electron chi connectivity index (χ0n) is 34.3. The van der Waals surface area contributed by atoms with Gasteiger partial charge >= 0.3 is 0 Å². The molecule has 1 N–H and O–H groups in total. The molecule has 0 atom stereocenters. The molecule has 0 saturated heterocycles. The molecule has 0 bridgehead atoms. The Balaban J connectivity index is 0.000000177. The van der Waals surface area contributed by atoms with Gasteiger partial charge in [-0.15, -0.1) is 0 Å². The van der Waals surface area contributed by atoms with Crippen LogP contribution in [0.1, 0.15) is 60.9 Å². The van der Waals surface area contributed by atoms with E-state index >= 15 is 0 Å². The van der Waals surface area contributed by atoms with Crippen molar-refractivity contribution in [3.8, 4) is 11.5 Å². The molecule has 5 aromatic carbocycles. The van der Waals surface area contributed by atoms with Crippen molar-refractivity contribution < 1.29 is 19.4 Å². The number of rotatable bonds is 9. The van der Waals surface area contributed by atoms with E-state index in [1.165, 1.54) is 4.90 Å². The van der Waals surface area contributed by atoms with Crippen LogP contribution in [0.25, 0.3) is 0 Å². The first-order valence-electron chi connectivity index (χ1n) is 20.0. The normalized spacial score (nSPS) is 13.4. The Morgan fingerprint density at radius 2 is 0.873 bits per heavy atom. The van der Waals surface area contributed by atoms with E-state index < -0.39 is 17.1 Å². The Bertz CT molecular complexity index is 2790. The van der Waals surface area contributed by atoms with Crippen LogP contribution in [0, 0.1) is 0 Å². The number of amides is 2. The number of benzene rings is 5. The second-order valence-corrected chi connectivity index (χ2v) is 16.8. The van der Waals surface area contributed by atoms with E-state index in [1.807, 2.05) is 132 Å². The maximum Gasteiger partial charge on any atom is 0.277 e. The van der Waals surface area contributed by atoms with Crippen LogP contribution in [0.4, 0.5) is 0 Å². The highest BCUT2D eigenvalue weighted by molar-refractivity contribution is 9.10. The maximum absolute atomic E-state index is 13.4. The van der Waals surface area contributed by atoms with E-state index in [2.05, 4.69) is 61.1 Å². The number of hydrogen-bond donors (Lipinski definition) is 1. The number of nitrogens with zero attached hydrogens (tertiary/aromatic N) is 6. The molecule has 2 aromatic heterocycles. The molecular formula is C49H42Br2N6O6. The van der Waals surface area contributed by atoms with E-state index in [0.29, 0.717) is 11.1 Å². The third-order valence-electron chi connectivity index (χ3n) is 10.9. The third kappa shape index (κ3) is 8.64. The van der Waals surface area contributed by atoms with Crippen molar-refractivity contribution in [2.45, 2.75) is 18.7 Å². The number of hydrogen-bond acceptors (Lipinski definition) is 8. The molecule has 0 unspecified atom stereocenters. The van der Waals surface area contributed by atoms with Gasteiger partial charge in [-0.25, -0.2) is 0 Å². The molecule has 0 radical (unpaired) electrons. The van der Waals surface area contributed by atoms with Crippen molar-refractivity contribution in [1.29, 1.82) is 0 Å². The summed E-state index contributed by atoms with van der Waals surface area (Å²) in [6.07, 6.45) is 3.21. The minimum atomic E-state index is -0.606. The fraction of sp³-hybridized carbons (Fsp3) is 0.143. The number of aromatic nitrogens is 2. The quantitative estimate of drug-likeness (QED) is 0.155. The first kappa shape index (κ1) is 42.8. The van der Waals surface area contributed by atoms with Gasteiger partial charge in [0.25, 0.3) is 11.8 Å². The van der Waals surface area contributed by atoms with E-state index in [1.54, 1.807) is 40.7 Å². The summed E-state index contributed by atoms with van der Waals surface area (Å²) < 4.78 is 9.88. The van der Waals surface area contributed by atoms with Crippen molar-refractivity contribution in [2.24, 2.45) is 0 Å². The molecule has 318 valence electrons. The van der Waals surface area contributed by atoms with Gasteiger partial charge in [0.15, 0.2) is 22.9 Å². The van der Waals surface area contributed by atoms with Gasteiger partial charge in [0, 0.05) is 26.5 Å². The van der Waals surface area contributed by atoms with Crippen molar-refractivity contribution in [3.05, 3.63) is 233 Å². The Kier molecular flexibility index (Phi) is 12.6. The number of fused-ring (bicyclic) bond motifs is 2.